The first-order valence-electron chi connectivity index (χ1n) is 4.92. The molecule has 0 bridgehead atoms. The van der Waals surface area contributed by atoms with Gasteiger partial charge in [0.15, 0.2) is 0 Å². The van der Waals surface area contributed by atoms with E-state index in [0.717, 1.165) is 13.0 Å². The maximum atomic E-state index is 8.06. The SMILES string of the molecule is CC(C)O.CC1C=CCCC1.CO. The standard InChI is InChI=1S/C7H12.C3H8O.CH4O/c1-7-5-3-2-4-6-7;1-3(2)4;1-2/h3,5,7H,2,4,6H2,1H3;3-4H,1-2H3;2H,1H3. The van der Waals surface area contributed by atoms with E-state index in [2.05, 4.69) is 19.1 Å². The summed E-state index contributed by atoms with van der Waals surface area (Å²) >= 11 is 0. The summed E-state index contributed by atoms with van der Waals surface area (Å²) in [6.45, 7) is 5.72. The average Bonchev–Trinajstić information content (AvgIpc) is 2.08. The molecule has 2 N–H and O–H groups in total. The second kappa shape index (κ2) is 11.7. The van der Waals surface area contributed by atoms with Crippen LogP contribution in [-0.2, 0) is 0 Å². The number of rotatable bonds is 0. The van der Waals surface area contributed by atoms with Crippen molar-refractivity contribution in [3.8, 4) is 0 Å². The fraction of sp³-hybridized carbons (Fsp3) is 0.818. The minimum atomic E-state index is -0.167. The third-order valence-corrected chi connectivity index (χ3v) is 1.49. The van der Waals surface area contributed by atoms with E-state index in [4.69, 9.17) is 10.2 Å². The predicted molar refractivity (Wildman–Crippen MR) is 57.7 cm³/mol. The van der Waals surface area contributed by atoms with Gasteiger partial charge in [-0.2, -0.15) is 0 Å². The summed E-state index contributed by atoms with van der Waals surface area (Å²) < 4.78 is 0. The summed E-state index contributed by atoms with van der Waals surface area (Å²) in [5.74, 6) is 0.855. The molecule has 1 atom stereocenters. The normalized spacial score (nSPS) is 19.8. The molecule has 1 unspecified atom stereocenters. The highest BCUT2D eigenvalue weighted by atomic mass is 16.3. The molecule has 0 saturated heterocycles. The molecule has 80 valence electrons. The Morgan fingerprint density at radius 3 is 1.92 bits per heavy atom. The van der Waals surface area contributed by atoms with Crippen molar-refractivity contribution in [3.05, 3.63) is 12.2 Å². The van der Waals surface area contributed by atoms with E-state index in [1.165, 1.54) is 19.3 Å². The summed E-state index contributed by atoms with van der Waals surface area (Å²) in [6.07, 6.45) is 8.54. The zero-order chi connectivity index (χ0) is 10.7. The second-order valence-electron chi connectivity index (χ2n) is 3.43. The van der Waals surface area contributed by atoms with Crippen molar-refractivity contribution in [2.24, 2.45) is 5.92 Å². The smallest absolute Gasteiger partial charge is 0.0483 e. The van der Waals surface area contributed by atoms with Crippen LogP contribution in [-0.4, -0.2) is 23.4 Å². The van der Waals surface area contributed by atoms with Crippen LogP contribution in [0.25, 0.3) is 0 Å². The molecule has 2 nitrogen and oxygen atoms in total. The van der Waals surface area contributed by atoms with Crippen LogP contribution in [0.1, 0.15) is 40.0 Å². The Kier molecular flexibility index (Phi) is 13.6. The molecule has 1 rings (SSSR count). The van der Waals surface area contributed by atoms with E-state index in [9.17, 15) is 0 Å². The fourth-order valence-electron chi connectivity index (χ4n) is 0.982. The summed E-state index contributed by atoms with van der Waals surface area (Å²) in [5, 5.41) is 15.1. The summed E-state index contributed by atoms with van der Waals surface area (Å²) in [5.41, 5.74) is 0. The van der Waals surface area contributed by atoms with Gasteiger partial charge in [-0.15, -0.1) is 0 Å². The van der Waals surface area contributed by atoms with Gasteiger partial charge in [0.2, 0.25) is 0 Å². The molecule has 0 amide bonds. The predicted octanol–water partition coefficient (Wildman–Crippen LogP) is 2.36. The number of aliphatic hydroxyl groups excluding tert-OH is 2. The van der Waals surface area contributed by atoms with E-state index < -0.39 is 0 Å². The van der Waals surface area contributed by atoms with Crippen LogP contribution in [0.5, 0.6) is 0 Å². The van der Waals surface area contributed by atoms with Gasteiger partial charge < -0.3 is 10.2 Å². The monoisotopic (exact) mass is 188 g/mol. The zero-order valence-corrected chi connectivity index (χ0v) is 9.33. The molecule has 0 heterocycles. The van der Waals surface area contributed by atoms with Crippen molar-refractivity contribution < 1.29 is 10.2 Å². The molecule has 1 aliphatic rings. The quantitative estimate of drug-likeness (QED) is 0.573. The van der Waals surface area contributed by atoms with E-state index in [1.807, 2.05) is 0 Å². The highest BCUT2D eigenvalue weighted by molar-refractivity contribution is 4.90. The van der Waals surface area contributed by atoms with Crippen LogP contribution in [0.3, 0.4) is 0 Å². The van der Waals surface area contributed by atoms with Gasteiger partial charge in [0.25, 0.3) is 0 Å². The summed E-state index contributed by atoms with van der Waals surface area (Å²) in [7, 11) is 1.00. The number of hydrogen-bond acceptors (Lipinski definition) is 2. The maximum absolute atomic E-state index is 8.06. The average molecular weight is 188 g/mol. The molecular weight excluding hydrogens is 164 g/mol. The topological polar surface area (TPSA) is 40.5 Å². The lowest BCUT2D eigenvalue weighted by Gasteiger charge is -2.08. The van der Waals surface area contributed by atoms with E-state index in [1.54, 1.807) is 13.8 Å². The number of aliphatic hydroxyl groups is 2. The van der Waals surface area contributed by atoms with Gasteiger partial charge in [-0.05, 0) is 39.0 Å². The Balaban J connectivity index is 0. The van der Waals surface area contributed by atoms with E-state index >= 15 is 0 Å². The molecule has 0 aromatic rings. The largest absolute Gasteiger partial charge is 0.400 e. The molecule has 2 heteroatoms. The molecule has 1 aliphatic carbocycles. The lowest BCUT2D eigenvalue weighted by molar-refractivity contribution is 0.216. The van der Waals surface area contributed by atoms with Gasteiger partial charge in [-0.25, -0.2) is 0 Å². The second-order valence-corrected chi connectivity index (χ2v) is 3.43. The Morgan fingerprint density at radius 2 is 1.77 bits per heavy atom. The third-order valence-electron chi connectivity index (χ3n) is 1.49. The van der Waals surface area contributed by atoms with Gasteiger partial charge in [0.05, 0.1) is 0 Å². The fourth-order valence-corrected chi connectivity index (χ4v) is 0.982. The lowest BCUT2D eigenvalue weighted by atomic mass is 9.98. The lowest BCUT2D eigenvalue weighted by Crippen LogP contribution is -1.92. The van der Waals surface area contributed by atoms with Gasteiger partial charge in [0, 0.05) is 13.2 Å². The van der Waals surface area contributed by atoms with Crippen LogP contribution in [0.2, 0.25) is 0 Å². The van der Waals surface area contributed by atoms with Crippen LogP contribution in [0.4, 0.5) is 0 Å². The molecule has 13 heavy (non-hydrogen) atoms. The van der Waals surface area contributed by atoms with Crippen molar-refractivity contribution in [1.82, 2.24) is 0 Å². The van der Waals surface area contributed by atoms with Crippen LogP contribution >= 0.6 is 0 Å². The molecule has 0 aromatic heterocycles. The van der Waals surface area contributed by atoms with Gasteiger partial charge >= 0.3 is 0 Å². The third kappa shape index (κ3) is 18.5. The first kappa shape index (κ1) is 15.1. The minimum Gasteiger partial charge on any atom is -0.400 e. The van der Waals surface area contributed by atoms with Crippen molar-refractivity contribution in [2.45, 2.75) is 46.1 Å². The molecule has 0 saturated carbocycles. The number of allylic oxidation sites excluding steroid dienone is 2. The van der Waals surface area contributed by atoms with E-state index in [-0.39, 0.29) is 6.10 Å². The molecule has 0 spiro atoms. The number of hydrogen-bond donors (Lipinski definition) is 2. The highest BCUT2D eigenvalue weighted by Gasteiger charge is 1.98. The van der Waals surface area contributed by atoms with E-state index in [0.29, 0.717) is 0 Å². The maximum Gasteiger partial charge on any atom is 0.0483 e. The molecule has 0 aliphatic heterocycles. The molecule has 0 fully saturated rings. The highest BCUT2D eigenvalue weighted by Crippen LogP contribution is 2.14. The molecule has 0 radical (unpaired) electrons. The Labute approximate surface area is 82.3 Å². The van der Waals surface area contributed by atoms with Crippen LogP contribution < -0.4 is 0 Å². The summed E-state index contributed by atoms with van der Waals surface area (Å²) in [6, 6.07) is 0. The first-order chi connectivity index (χ1) is 6.13. The van der Waals surface area contributed by atoms with Crippen molar-refractivity contribution >= 4 is 0 Å². The zero-order valence-electron chi connectivity index (χ0n) is 9.33. The van der Waals surface area contributed by atoms with Crippen LogP contribution in [0, 0.1) is 5.92 Å². The summed E-state index contributed by atoms with van der Waals surface area (Å²) in [4.78, 5) is 0. The van der Waals surface area contributed by atoms with Gasteiger partial charge in [-0.1, -0.05) is 19.1 Å². The van der Waals surface area contributed by atoms with Gasteiger partial charge in [-0.3, -0.25) is 0 Å². The Morgan fingerprint density at radius 1 is 1.31 bits per heavy atom. The Bertz CT molecular complexity index is 106. The van der Waals surface area contributed by atoms with Crippen molar-refractivity contribution in [3.63, 3.8) is 0 Å². The Hall–Kier alpha value is -0.340. The molecular formula is C11H24O2. The first-order valence-corrected chi connectivity index (χ1v) is 4.92. The van der Waals surface area contributed by atoms with Crippen LogP contribution in [0.15, 0.2) is 12.2 Å². The van der Waals surface area contributed by atoms with Crippen molar-refractivity contribution in [2.75, 3.05) is 7.11 Å². The molecule has 0 aromatic carbocycles. The van der Waals surface area contributed by atoms with Gasteiger partial charge in [0.1, 0.15) is 0 Å². The van der Waals surface area contributed by atoms with Crippen molar-refractivity contribution in [1.29, 1.82) is 0 Å². The minimum absolute atomic E-state index is 0.167.